The van der Waals surface area contributed by atoms with E-state index in [1.807, 2.05) is 0 Å². The Kier molecular flexibility index (Phi) is 3.68. The number of rotatable bonds is 4. The summed E-state index contributed by atoms with van der Waals surface area (Å²) in [5.41, 5.74) is -1.04. The molecule has 19 heavy (non-hydrogen) atoms. The minimum Gasteiger partial charge on any atom is -0.380 e. The van der Waals surface area contributed by atoms with E-state index in [0.29, 0.717) is 5.82 Å². The van der Waals surface area contributed by atoms with Crippen LogP contribution < -0.4 is 5.32 Å². The molecule has 0 radical (unpaired) electrons. The highest BCUT2D eigenvalue weighted by Gasteiger charge is 2.25. The van der Waals surface area contributed by atoms with Gasteiger partial charge in [-0.1, -0.05) is 0 Å². The van der Waals surface area contributed by atoms with Gasteiger partial charge < -0.3 is 10.3 Å². The number of benzene rings is 1. The first-order valence-electron chi connectivity index (χ1n) is 5.26. The fourth-order valence-electron chi connectivity index (χ4n) is 1.50. The predicted octanol–water partition coefficient (Wildman–Crippen LogP) is 2.76. The van der Waals surface area contributed by atoms with Crippen LogP contribution in [0.5, 0.6) is 0 Å². The first kappa shape index (κ1) is 13.3. The third-order valence-corrected chi connectivity index (χ3v) is 2.43. The summed E-state index contributed by atoms with van der Waals surface area (Å²) in [5, 5.41) is 2.17. The van der Waals surface area contributed by atoms with Crippen LogP contribution in [0.1, 0.15) is 5.82 Å². The summed E-state index contributed by atoms with van der Waals surface area (Å²) in [6, 6.07) is 0. The predicted molar refractivity (Wildman–Crippen MR) is 57.0 cm³/mol. The number of halogens is 5. The molecule has 0 saturated carbocycles. The van der Waals surface area contributed by atoms with Gasteiger partial charge in [-0.15, -0.1) is 0 Å². The third-order valence-electron chi connectivity index (χ3n) is 2.43. The number of anilines is 1. The number of aromatic nitrogens is 2. The van der Waals surface area contributed by atoms with Crippen molar-refractivity contribution in [3.63, 3.8) is 0 Å². The number of nitrogens with zero attached hydrogens (tertiary/aromatic N) is 1. The van der Waals surface area contributed by atoms with Crippen LogP contribution in [0.15, 0.2) is 12.4 Å². The maximum Gasteiger partial charge on any atom is 0.200 e. The average Bonchev–Trinajstić information content (AvgIpc) is 2.91. The zero-order chi connectivity index (χ0) is 14.0. The Bertz CT molecular complexity index is 554. The molecule has 8 heteroatoms. The molecule has 1 aromatic carbocycles. The number of aromatic amines is 1. The maximum absolute atomic E-state index is 13.3. The highest BCUT2D eigenvalue weighted by atomic mass is 19.2. The molecule has 3 nitrogen and oxygen atoms in total. The van der Waals surface area contributed by atoms with Gasteiger partial charge in [-0.2, -0.15) is 0 Å². The molecule has 0 bridgehead atoms. The molecule has 1 aromatic heterocycles. The summed E-state index contributed by atoms with van der Waals surface area (Å²) in [6.45, 7) is -0.0358. The molecular formula is C11H8F5N3. The van der Waals surface area contributed by atoms with Crippen molar-refractivity contribution in [1.82, 2.24) is 9.97 Å². The van der Waals surface area contributed by atoms with Crippen molar-refractivity contribution in [3.8, 4) is 0 Å². The molecular weight excluding hydrogens is 269 g/mol. The molecule has 2 rings (SSSR count). The minimum absolute atomic E-state index is 0.0358. The molecule has 0 amide bonds. The van der Waals surface area contributed by atoms with Gasteiger partial charge in [0.1, 0.15) is 11.5 Å². The standard InChI is InChI=1S/C11H8F5N3/c12-6-7(13)9(15)11(10(16)8(6)14)19-2-1-5-17-3-4-18-5/h3-4,19H,1-2H2,(H,17,18). The number of hydrogen-bond acceptors (Lipinski definition) is 2. The summed E-state index contributed by atoms with van der Waals surface area (Å²) in [5.74, 6) is -9.35. The quantitative estimate of drug-likeness (QED) is 0.512. The summed E-state index contributed by atoms with van der Waals surface area (Å²) >= 11 is 0. The molecule has 0 fully saturated rings. The lowest BCUT2D eigenvalue weighted by Gasteiger charge is -2.10. The van der Waals surface area contributed by atoms with Gasteiger partial charge in [-0.25, -0.2) is 26.9 Å². The highest BCUT2D eigenvalue weighted by molar-refractivity contribution is 5.47. The van der Waals surface area contributed by atoms with E-state index in [0.717, 1.165) is 0 Å². The fourth-order valence-corrected chi connectivity index (χ4v) is 1.50. The van der Waals surface area contributed by atoms with Crippen LogP contribution in [0.25, 0.3) is 0 Å². The van der Waals surface area contributed by atoms with Crippen molar-refractivity contribution >= 4 is 5.69 Å². The van der Waals surface area contributed by atoms with E-state index in [1.165, 1.54) is 6.20 Å². The third kappa shape index (κ3) is 2.51. The summed E-state index contributed by atoms with van der Waals surface area (Å²) in [6.07, 6.45) is 3.27. The number of hydrogen-bond donors (Lipinski definition) is 2. The summed E-state index contributed by atoms with van der Waals surface area (Å²) in [4.78, 5) is 6.59. The Morgan fingerprint density at radius 2 is 1.53 bits per heavy atom. The SMILES string of the molecule is Fc1c(F)c(F)c(NCCc2ncc[nH]2)c(F)c1F. The van der Waals surface area contributed by atoms with Gasteiger partial charge in [0.2, 0.25) is 5.82 Å². The van der Waals surface area contributed by atoms with Crippen molar-refractivity contribution in [2.45, 2.75) is 6.42 Å². The van der Waals surface area contributed by atoms with E-state index >= 15 is 0 Å². The van der Waals surface area contributed by atoms with Crippen LogP contribution in [0, 0.1) is 29.1 Å². The van der Waals surface area contributed by atoms with E-state index < -0.39 is 34.8 Å². The Morgan fingerprint density at radius 1 is 0.947 bits per heavy atom. The summed E-state index contributed by atoms with van der Waals surface area (Å²) < 4.78 is 65.1. The highest BCUT2D eigenvalue weighted by Crippen LogP contribution is 2.26. The topological polar surface area (TPSA) is 40.7 Å². The summed E-state index contributed by atoms with van der Waals surface area (Å²) in [7, 11) is 0. The minimum atomic E-state index is -2.17. The molecule has 2 aromatic rings. The Labute approximate surface area is 104 Å². The molecule has 0 aliphatic rings. The Hall–Kier alpha value is -2.12. The fraction of sp³-hybridized carbons (Fsp3) is 0.182. The molecule has 0 saturated heterocycles. The number of imidazole rings is 1. The Balaban J connectivity index is 2.16. The van der Waals surface area contributed by atoms with Crippen LogP contribution in [0.3, 0.4) is 0 Å². The van der Waals surface area contributed by atoms with Crippen molar-refractivity contribution in [2.75, 3.05) is 11.9 Å². The van der Waals surface area contributed by atoms with Gasteiger partial charge >= 0.3 is 0 Å². The van der Waals surface area contributed by atoms with E-state index in [9.17, 15) is 22.0 Å². The van der Waals surface area contributed by atoms with Gasteiger partial charge in [0, 0.05) is 25.4 Å². The van der Waals surface area contributed by atoms with E-state index in [-0.39, 0.29) is 13.0 Å². The second-order valence-corrected chi connectivity index (χ2v) is 3.66. The van der Waals surface area contributed by atoms with E-state index in [1.54, 1.807) is 6.20 Å². The first-order chi connectivity index (χ1) is 9.02. The van der Waals surface area contributed by atoms with Crippen molar-refractivity contribution < 1.29 is 22.0 Å². The zero-order valence-electron chi connectivity index (χ0n) is 9.41. The smallest absolute Gasteiger partial charge is 0.200 e. The van der Waals surface area contributed by atoms with Crippen molar-refractivity contribution in [1.29, 1.82) is 0 Å². The average molecular weight is 277 g/mol. The van der Waals surface area contributed by atoms with E-state index in [4.69, 9.17) is 0 Å². The molecule has 0 atom stereocenters. The van der Waals surface area contributed by atoms with E-state index in [2.05, 4.69) is 15.3 Å². The maximum atomic E-state index is 13.3. The molecule has 0 aliphatic carbocycles. The van der Waals surface area contributed by atoms with Crippen molar-refractivity contribution in [3.05, 3.63) is 47.3 Å². The van der Waals surface area contributed by atoms with Gasteiger partial charge in [-0.05, 0) is 0 Å². The van der Waals surface area contributed by atoms with Gasteiger partial charge in [-0.3, -0.25) is 0 Å². The number of H-pyrrole nitrogens is 1. The number of nitrogens with one attached hydrogen (secondary N) is 2. The Morgan fingerprint density at radius 3 is 2.05 bits per heavy atom. The second-order valence-electron chi connectivity index (χ2n) is 3.66. The molecule has 0 spiro atoms. The van der Waals surface area contributed by atoms with Gasteiger partial charge in [0.05, 0.1) is 0 Å². The molecule has 0 aliphatic heterocycles. The largest absolute Gasteiger partial charge is 0.380 e. The first-order valence-corrected chi connectivity index (χ1v) is 5.26. The van der Waals surface area contributed by atoms with Crippen LogP contribution in [0.2, 0.25) is 0 Å². The lowest BCUT2D eigenvalue weighted by molar-refractivity contribution is 0.381. The normalized spacial score (nSPS) is 10.8. The van der Waals surface area contributed by atoms with Crippen LogP contribution in [0.4, 0.5) is 27.6 Å². The lowest BCUT2D eigenvalue weighted by atomic mass is 10.2. The monoisotopic (exact) mass is 277 g/mol. The van der Waals surface area contributed by atoms with Crippen LogP contribution >= 0.6 is 0 Å². The molecule has 2 N–H and O–H groups in total. The van der Waals surface area contributed by atoms with Crippen molar-refractivity contribution in [2.24, 2.45) is 0 Å². The van der Waals surface area contributed by atoms with Gasteiger partial charge in [0.15, 0.2) is 23.3 Å². The van der Waals surface area contributed by atoms with Crippen LogP contribution in [-0.4, -0.2) is 16.5 Å². The molecule has 1 heterocycles. The lowest BCUT2D eigenvalue weighted by Crippen LogP contribution is -2.12. The van der Waals surface area contributed by atoms with Gasteiger partial charge in [0.25, 0.3) is 0 Å². The zero-order valence-corrected chi connectivity index (χ0v) is 9.41. The molecule has 102 valence electrons. The molecule has 0 unspecified atom stereocenters. The second kappa shape index (κ2) is 5.25. The van der Waals surface area contributed by atoms with Crippen LogP contribution in [-0.2, 0) is 6.42 Å².